The van der Waals surface area contributed by atoms with E-state index in [1.165, 1.54) is 0 Å². The van der Waals surface area contributed by atoms with E-state index in [0.29, 0.717) is 12.8 Å². The molecule has 4 heteroatoms. The summed E-state index contributed by atoms with van der Waals surface area (Å²) in [6.45, 7) is 2.48. The molecule has 1 saturated heterocycles. The molecule has 0 spiro atoms. The summed E-state index contributed by atoms with van der Waals surface area (Å²) in [6.07, 6.45) is 2.05. The first kappa shape index (κ1) is 12.6. The maximum Gasteiger partial charge on any atom is 0.306 e. The molecule has 0 aromatic heterocycles. The van der Waals surface area contributed by atoms with Crippen LogP contribution in [0.5, 0.6) is 0 Å². The lowest BCUT2D eigenvalue weighted by atomic mass is 10.0. The van der Waals surface area contributed by atoms with Crippen molar-refractivity contribution in [3.05, 3.63) is 29.8 Å². The molecule has 0 saturated carbocycles. The van der Waals surface area contributed by atoms with Gasteiger partial charge in [0.15, 0.2) is 0 Å². The zero-order chi connectivity index (χ0) is 13.1. The molecule has 1 N–H and O–H groups in total. The van der Waals surface area contributed by atoms with Crippen molar-refractivity contribution in [1.29, 1.82) is 0 Å². The summed E-state index contributed by atoms with van der Waals surface area (Å²) in [7, 11) is 0. The van der Waals surface area contributed by atoms with Gasteiger partial charge in [0, 0.05) is 18.7 Å². The highest BCUT2D eigenvalue weighted by molar-refractivity contribution is 5.95. The van der Waals surface area contributed by atoms with E-state index < -0.39 is 5.97 Å². The van der Waals surface area contributed by atoms with E-state index in [0.717, 1.165) is 24.2 Å². The first-order valence-corrected chi connectivity index (χ1v) is 6.20. The number of hydrogen-bond donors (Lipinski definition) is 1. The Morgan fingerprint density at radius 1 is 1.39 bits per heavy atom. The van der Waals surface area contributed by atoms with Crippen LogP contribution in [0, 0.1) is 5.92 Å². The third-order valence-electron chi connectivity index (χ3n) is 3.28. The summed E-state index contributed by atoms with van der Waals surface area (Å²) in [4.78, 5) is 24.1. The SMILES string of the molecule is CC(Cc1ccc(N2CCCC2=O)cc1)C(=O)O. The molecule has 2 rings (SSSR count). The van der Waals surface area contributed by atoms with Crippen LogP contribution >= 0.6 is 0 Å². The lowest BCUT2D eigenvalue weighted by Gasteiger charge is -2.16. The highest BCUT2D eigenvalue weighted by Gasteiger charge is 2.21. The molecule has 0 aliphatic carbocycles. The summed E-state index contributed by atoms with van der Waals surface area (Å²) in [5, 5.41) is 8.85. The number of carbonyl (C=O) groups is 2. The first-order chi connectivity index (χ1) is 8.58. The average molecular weight is 247 g/mol. The van der Waals surface area contributed by atoms with Gasteiger partial charge in [-0.05, 0) is 30.5 Å². The van der Waals surface area contributed by atoms with Crippen LogP contribution in [-0.4, -0.2) is 23.5 Å². The van der Waals surface area contributed by atoms with Crippen molar-refractivity contribution >= 4 is 17.6 Å². The smallest absolute Gasteiger partial charge is 0.306 e. The molecule has 1 atom stereocenters. The molecule has 1 aliphatic heterocycles. The van der Waals surface area contributed by atoms with E-state index in [-0.39, 0.29) is 11.8 Å². The lowest BCUT2D eigenvalue weighted by Crippen LogP contribution is -2.23. The van der Waals surface area contributed by atoms with E-state index >= 15 is 0 Å². The highest BCUT2D eigenvalue weighted by Crippen LogP contribution is 2.22. The second kappa shape index (κ2) is 5.21. The second-order valence-corrected chi connectivity index (χ2v) is 4.76. The normalized spacial score (nSPS) is 16.9. The Labute approximate surface area is 106 Å². The van der Waals surface area contributed by atoms with Crippen molar-refractivity contribution in [3.63, 3.8) is 0 Å². The van der Waals surface area contributed by atoms with Crippen LogP contribution in [0.25, 0.3) is 0 Å². The standard InChI is InChI=1S/C14H17NO3/c1-10(14(17)18)9-11-4-6-12(7-5-11)15-8-2-3-13(15)16/h4-7,10H,2-3,8-9H2,1H3,(H,17,18). The van der Waals surface area contributed by atoms with Crippen LogP contribution in [0.3, 0.4) is 0 Å². The Balaban J connectivity index is 2.05. The van der Waals surface area contributed by atoms with E-state index in [9.17, 15) is 9.59 Å². The molecule has 1 aliphatic rings. The minimum Gasteiger partial charge on any atom is -0.481 e. The van der Waals surface area contributed by atoms with Crippen LogP contribution in [0.1, 0.15) is 25.3 Å². The average Bonchev–Trinajstić information content (AvgIpc) is 2.76. The molecule has 0 radical (unpaired) electrons. The van der Waals surface area contributed by atoms with Crippen LogP contribution in [-0.2, 0) is 16.0 Å². The molecular formula is C14H17NO3. The molecule has 1 aromatic carbocycles. The van der Waals surface area contributed by atoms with E-state index in [2.05, 4.69) is 0 Å². The van der Waals surface area contributed by atoms with Gasteiger partial charge in [-0.25, -0.2) is 0 Å². The molecule has 18 heavy (non-hydrogen) atoms. The number of amides is 1. The fraction of sp³-hybridized carbons (Fsp3) is 0.429. The molecule has 1 aromatic rings. The maximum absolute atomic E-state index is 11.6. The van der Waals surface area contributed by atoms with Crippen molar-refractivity contribution in [1.82, 2.24) is 0 Å². The summed E-state index contributed by atoms with van der Waals surface area (Å²) in [6, 6.07) is 7.60. The monoisotopic (exact) mass is 247 g/mol. The summed E-state index contributed by atoms with van der Waals surface area (Å²) in [5.74, 6) is -1.00. The molecule has 1 fully saturated rings. The Bertz CT molecular complexity index is 453. The third kappa shape index (κ3) is 2.70. The quantitative estimate of drug-likeness (QED) is 0.886. The van der Waals surface area contributed by atoms with Gasteiger partial charge >= 0.3 is 5.97 Å². The van der Waals surface area contributed by atoms with E-state index in [1.807, 2.05) is 24.3 Å². The maximum atomic E-state index is 11.6. The third-order valence-corrected chi connectivity index (χ3v) is 3.28. The van der Waals surface area contributed by atoms with Crippen LogP contribution in [0.4, 0.5) is 5.69 Å². The fourth-order valence-electron chi connectivity index (χ4n) is 2.17. The summed E-state index contributed by atoms with van der Waals surface area (Å²) < 4.78 is 0. The number of anilines is 1. The van der Waals surface area contributed by atoms with E-state index in [4.69, 9.17) is 5.11 Å². The number of carboxylic acids is 1. The Kier molecular flexibility index (Phi) is 3.65. The minimum atomic E-state index is -0.784. The van der Waals surface area contributed by atoms with Gasteiger partial charge in [-0.2, -0.15) is 0 Å². The number of rotatable bonds is 4. The molecule has 4 nitrogen and oxygen atoms in total. The summed E-state index contributed by atoms with van der Waals surface area (Å²) in [5.41, 5.74) is 1.89. The number of benzene rings is 1. The Morgan fingerprint density at radius 3 is 2.56 bits per heavy atom. The number of hydrogen-bond acceptors (Lipinski definition) is 2. The molecule has 1 unspecified atom stereocenters. The van der Waals surface area contributed by atoms with Crippen LogP contribution in [0.2, 0.25) is 0 Å². The topological polar surface area (TPSA) is 57.6 Å². The zero-order valence-corrected chi connectivity index (χ0v) is 10.4. The molecule has 96 valence electrons. The van der Waals surface area contributed by atoms with Gasteiger partial charge in [0.05, 0.1) is 5.92 Å². The number of nitrogens with zero attached hydrogens (tertiary/aromatic N) is 1. The highest BCUT2D eigenvalue weighted by atomic mass is 16.4. The number of carbonyl (C=O) groups excluding carboxylic acids is 1. The van der Waals surface area contributed by atoms with Crippen molar-refractivity contribution in [3.8, 4) is 0 Å². The molecule has 1 amide bonds. The van der Waals surface area contributed by atoms with Gasteiger partial charge < -0.3 is 10.0 Å². The van der Waals surface area contributed by atoms with Crippen molar-refractivity contribution in [2.45, 2.75) is 26.2 Å². The minimum absolute atomic E-state index is 0.168. The predicted octanol–water partition coefficient (Wildman–Crippen LogP) is 2.08. The van der Waals surface area contributed by atoms with Gasteiger partial charge in [0.1, 0.15) is 0 Å². The van der Waals surface area contributed by atoms with Gasteiger partial charge in [-0.15, -0.1) is 0 Å². The zero-order valence-electron chi connectivity index (χ0n) is 10.4. The van der Waals surface area contributed by atoms with Crippen LogP contribution in [0.15, 0.2) is 24.3 Å². The van der Waals surface area contributed by atoms with Crippen molar-refractivity contribution in [2.24, 2.45) is 5.92 Å². The molecule has 1 heterocycles. The predicted molar refractivity (Wildman–Crippen MR) is 68.5 cm³/mol. The molecular weight excluding hydrogens is 230 g/mol. The van der Waals surface area contributed by atoms with Gasteiger partial charge in [-0.3, -0.25) is 9.59 Å². The lowest BCUT2D eigenvalue weighted by molar-refractivity contribution is -0.141. The van der Waals surface area contributed by atoms with Gasteiger partial charge in [0.2, 0.25) is 5.91 Å². The molecule has 0 bridgehead atoms. The number of carboxylic acid groups (broad SMARTS) is 1. The first-order valence-electron chi connectivity index (χ1n) is 6.20. The Morgan fingerprint density at radius 2 is 2.06 bits per heavy atom. The van der Waals surface area contributed by atoms with Gasteiger partial charge in [0.25, 0.3) is 0 Å². The summed E-state index contributed by atoms with van der Waals surface area (Å²) >= 11 is 0. The largest absolute Gasteiger partial charge is 0.481 e. The van der Waals surface area contributed by atoms with E-state index in [1.54, 1.807) is 11.8 Å². The van der Waals surface area contributed by atoms with Crippen LogP contribution < -0.4 is 4.90 Å². The van der Waals surface area contributed by atoms with Crippen molar-refractivity contribution in [2.75, 3.05) is 11.4 Å². The van der Waals surface area contributed by atoms with Gasteiger partial charge in [-0.1, -0.05) is 19.1 Å². The van der Waals surface area contributed by atoms with Crippen molar-refractivity contribution < 1.29 is 14.7 Å². The second-order valence-electron chi connectivity index (χ2n) is 4.76. The number of aliphatic carboxylic acids is 1. The Hall–Kier alpha value is -1.84. The fourth-order valence-corrected chi connectivity index (χ4v) is 2.17.